The highest BCUT2D eigenvalue weighted by Crippen LogP contribution is 2.47. The molecule has 1 aliphatic rings. The summed E-state index contributed by atoms with van der Waals surface area (Å²) >= 11 is 0. The summed E-state index contributed by atoms with van der Waals surface area (Å²) in [4.78, 5) is 12.3. The molecule has 0 radical (unpaired) electrons. The maximum absolute atomic E-state index is 12.9. The first kappa shape index (κ1) is 17.9. The lowest BCUT2D eigenvalue weighted by Gasteiger charge is -2.33. The average molecular weight is 315 g/mol. The second-order valence-electron chi connectivity index (χ2n) is 6.27. The zero-order valence-corrected chi connectivity index (χ0v) is 13.5. The van der Waals surface area contributed by atoms with Crippen LogP contribution in [-0.2, 0) is 4.79 Å². The van der Waals surface area contributed by atoms with E-state index < -0.39 is 0 Å². The van der Waals surface area contributed by atoms with Gasteiger partial charge in [-0.15, -0.1) is 12.4 Å². The summed E-state index contributed by atoms with van der Waals surface area (Å²) in [7, 11) is 0. The van der Waals surface area contributed by atoms with Crippen LogP contribution in [0.25, 0.3) is 0 Å². The largest absolute Gasteiger partial charge is 0.349 e. The monoisotopic (exact) mass is 314 g/mol. The van der Waals surface area contributed by atoms with Gasteiger partial charge in [0.25, 0.3) is 0 Å². The number of carbonyl (C=O) groups excluding carboxylic acids is 1. The molecule has 21 heavy (non-hydrogen) atoms. The third-order valence-electron chi connectivity index (χ3n) is 4.53. The standard InChI is InChI=1S/C16H23FN2O.ClH/c1-10(2)16(3,9-18)19-15(20)14-8-13(14)11-4-6-12(17)7-5-11;/h4-7,10,13-14H,8-9,18H2,1-3H3,(H,19,20);1H. The van der Waals surface area contributed by atoms with Crippen LogP contribution in [0.3, 0.4) is 0 Å². The van der Waals surface area contributed by atoms with Crippen molar-refractivity contribution in [1.29, 1.82) is 0 Å². The van der Waals surface area contributed by atoms with Crippen LogP contribution in [0.1, 0.15) is 38.7 Å². The first-order valence-electron chi connectivity index (χ1n) is 7.15. The van der Waals surface area contributed by atoms with E-state index >= 15 is 0 Å². The molecular weight excluding hydrogens is 291 g/mol. The van der Waals surface area contributed by atoms with Crippen LogP contribution in [0.5, 0.6) is 0 Å². The van der Waals surface area contributed by atoms with Crippen LogP contribution in [-0.4, -0.2) is 18.0 Å². The SMILES string of the molecule is CC(C)C(C)(CN)NC(=O)C1CC1c1ccc(F)cc1.Cl. The molecule has 3 unspecified atom stereocenters. The number of hydrogen-bond donors (Lipinski definition) is 2. The molecule has 1 aromatic rings. The molecule has 1 amide bonds. The van der Waals surface area contributed by atoms with Crippen molar-refractivity contribution in [3.05, 3.63) is 35.6 Å². The fourth-order valence-electron chi connectivity index (χ4n) is 2.37. The summed E-state index contributed by atoms with van der Waals surface area (Å²) in [6, 6.07) is 6.41. The second-order valence-corrected chi connectivity index (χ2v) is 6.27. The van der Waals surface area contributed by atoms with Gasteiger partial charge in [-0.1, -0.05) is 26.0 Å². The topological polar surface area (TPSA) is 55.1 Å². The lowest BCUT2D eigenvalue weighted by Crippen LogP contribution is -2.55. The van der Waals surface area contributed by atoms with Gasteiger partial charge in [-0.25, -0.2) is 4.39 Å². The summed E-state index contributed by atoms with van der Waals surface area (Å²) in [5.74, 6) is 0.293. The van der Waals surface area contributed by atoms with Gasteiger partial charge in [0, 0.05) is 12.5 Å². The van der Waals surface area contributed by atoms with Crippen molar-refractivity contribution in [2.45, 2.75) is 38.6 Å². The molecule has 3 atom stereocenters. The van der Waals surface area contributed by atoms with Crippen molar-refractivity contribution >= 4 is 18.3 Å². The number of hydrogen-bond acceptors (Lipinski definition) is 2. The Hall–Kier alpha value is -1.13. The molecule has 5 heteroatoms. The van der Waals surface area contributed by atoms with E-state index in [1.807, 2.05) is 6.92 Å². The number of amides is 1. The Morgan fingerprint density at radius 3 is 2.48 bits per heavy atom. The Morgan fingerprint density at radius 2 is 2.00 bits per heavy atom. The summed E-state index contributed by atoms with van der Waals surface area (Å²) < 4.78 is 12.9. The van der Waals surface area contributed by atoms with Gasteiger partial charge in [0.05, 0.1) is 5.54 Å². The molecular formula is C16H24ClFN2O. The van der Waals surface area contributed by atoms with E-state index in [4.69, 9.17) is 5.73 Å². The summed E-state index contributed by atoms with van der Waals surface area (Å²) in [5.41, 5.74) is 6.45. The van der Waals surface area contributed by atoms with Crippen LogP contribution in [0.4, 0.5) is 4.39 Å². The van der Waals surface area contributed by atoms with Gasteiger partial charge >= 0.3 is 0 Å². The molecule has 0 heterocycles. The highest BCUT2D eigenvalue weighted by atomic mass is 35.5. The minimum absolute atomic E-state index is 0. The number of halogens is 2. The fourth-order valence-corrected chi connectivity index (χ4v) is 2.37. The minimum atomic E-state index is -0.368. The molecule has 0 saturated heterocycles. The van der Waals surface area contributed by atoms with E-state index in [0.717, 1.165) is 12.0 Å². The lowest BCUT2D eigenvalue weighted by atomic mass is 9.88. The molecule has 118 valence electrons. The van der Waals surface area contributed by atoms with Gasteiger partial charge in [0.1, 0.15) is 5.82 Å². The normalized spacial score (nSPS) is 23.1. The first-order valence-corrected chi connectivity index (χ1v) is 7.15. The highest BCUT2D eigenvalue weighted by Gasteiger charge is 2.45. The quantitative estimate of drug-likeness (QED) is 0.878. The van der Waals surface area contributed by atoms with Gasteiger partial charge in [-0.2, -0.15) is 0 Å². The zero-order valence-electron chi connectivity index (χ0n) is 12.7. The number of rotatable bonds is 5. The Bertz CT molecular complexity index is 492. The average Bonchev–Trinajstić information content (AvgIpc) is 3.19. The van der Waals surface area contributed by atoms with Gasteiger partial charge < -0.3 is 11.1 Å². The molecule has 3 N–H and O–H groups in total. The second kappa shape index (κ2) is 6.75. The summed E-state index contributed by atoms with van der Waals surface area (Å²) in [5, 5.41) is 3.08. The van der Waals surface area contributed by atoms with Gasteiger partial charge in [0.15, 0.2) is 0 Å². The Morgan fingerprint density at radius 1 is 1.43 bits per heavy atom. The fraction of sp³-hybridized carbons (Fsp3) is 0.562. The molecule has 0 bridgehead atoms. The van der Waals surface area contributed by atoms with E-state index in [1.165, 1.54) is 12.1 Å². The molecule has 1 aromatic carbocycles. The molecule has 1 saturated carbocycles. The van der Waals surface area contributed by atoms with Crippen molar-refractivity contribution in [1.82, 2.24) is 5.32 Å². The van der Waals surface area contributed by atoms with Gasteiger partial charge in [-0.05, 0) is 42.9 Å². The minimum Gasteiger partial charge on any atom is -0.349 e. The summed E-state index contributed by atoms with van der Waals surface area (Å²) in [6.07, 6.45) is 0.830. The van der Waals surface area contributed by atoms with E-state index in [0.29, 0.717) is 6.54 Å². The smallest absolute Gasteiger partial charge is 0.224 e. The maximum atomic E-state index is 12.9. The molecule has 0 spiro atoms. The lowest BCUT2D eigenvalue weighted by molar-refractivity contribution is -0.124. The van der Waals surface area contributed by atoms with E-state index in [9.17, 15) is 9.18 Å². The van der Waals surface area contributed by atoms with E-state index in [1.54, 1.807) is 12.1 Å². The summed E-state index contributed by atoms with van der Waals surface area (Å²) in [6.45, 7) is 6.50. The predicted molar refractivity (Wildman–Crippen MR) is 84.9 cm³/mol. The highest BCUT2D eigenvalue weighted by molar-refractivity contribution is 5.85. The Balaban J connectivity index is 0.00000220. The first-order chi connectivity index (χ1) is 9.37. The van der Waals surface area contributed by atoms with Gasteiger partial charge in [-0.3, -0.25) is 4.79 Å². The zero-order chi connectivity index (χ0) is 14.9. The predicted octanol–water partition coefficient (Wildman–Crippen LogP) is 2.84. The maximum Gasteiger partial charge on any atom is 0.224 e. The number of nitrogens with two attached hydrogens (primary N) is 1. The van der Waals surface area contributed by atoms with Crippen molar-refractivity contribution in [2.75, 3.05) is 6.54 Å². The van der Waals surface area contributed by atoms with Crippen LogP contribution in [0.15, 0.2) is 24.3 Å². The molecule has 2 rings (SSSR count). The van der Waals surface area contributed by atoms with Crippen molar-refractivity contribution in [3.8, 4) is 0 Å². The van der Waals surface area contributed by atoms with Crippen LogP contribution in [0.2, 0.25) is 0 Å². The van der Waals surface area contributed by atoms with Crippen molar-refractivity contribution in [2.24, 2.45) is 17.6 Å². The van der Waals surface area contributed by atoms with Crippen molar-refractivity contribution in [3.63, 3.8) is 0 Å². The number of benzene rings is 1. The third-order valence-corrected chi connectivity index (χ3v) is 4.53. The Labute approximate surface area is 131 Å². The third kappa shape index (κ3) is 3.95. The number of carbonyl (C=O) groups is 1. The number of nitrogens with one attached hydrogen (secondary N) is 1. The molecule has 1 fully saturated rings. The Kier molecular flexibility index (Phi) is 5.76. The van der Waals surface area contributed by atoms with Crippen molar-refractivity contribution < 1.29 is 9.18 Å². The van der Waals surface area contributed by atoms with Crippen LogP contribution in [0, 0.1) is 17.7 Å². The molecule has 0 aliphatic heterocycles. The van der Waals surface area contributed by atoms with E-state index in [-0.39, 0.29) is 47.4 Å². The molecule has 1 aliphatic carbocycles. The molecule has 3 nitrogen and oxygen atoms in total. The van der Waals surface area contributed by atoms with E-state index in [2.05, 4.69) is 19.2 Å². The van der Waals surface area contributed by atoms with Crippen LogP contribution < -0.4 is 11.1 Å². The molecule has 0 aromatic heterocycles. The van der Waals surface area contributed by atoms with Crippen LogP contribution >= 0.6 is 12.4 Å². The van der Waals surface area contributed by atoms with Gasteiger partial charge in [0.2, 0.25) is 5.91 Å².